The Morgan fingerprint density at radius 3 is 2.84 bits per heavy atom. The van der Waals surface area contributed by atoms with E-state index in [2.05, 4.69) is 16.9 Å². The minimum Gasteiger partial charge on any atom is -0.394 e. The van der Waals surface area contributed by atoms with Crippen molar-refractivity contribution in [3.8, 4) is 0 Å². The summed E-state index contributed by atoms with van der Waals surface area (Å²) < 4.78 is 7.60. The van der Waals surface area contributed by atoms with Gasteiger partial charge in [0, 0.05) is 26.2 Å². The van der Waals surface area contributed by atoms with Gasteiger partial charge in [-0.2, -0.15) is 5.10 Å². The molecule has 1 aromatic rings. The zero-order valence-electron chi connectivity index (χ0n) is 11.8. The van der Waals surface area contributed by atoms with Crippen LogP contribution in [0.1, 0.15) is 25.2 Å². The molecule has 1 N–H and O–H groups in total. The van der Waals surface area contributed by atoms with Crippen molar-refractivity contribution in [1.82, 2.24) is 14.7 Å². The van der Waals surface area contributed by atoms with Gasteiger partial charge in [-0.25, -0.2) is 0 Å². The first-order valence-corrected chi connectivity index (χ1v) is 7.13. The number of rotatable bonds is 4. The van der Waals surface area contributed by atoms with Crippen molar-refractivity contribution in [2.45, 2.75) is 46.1 Å². The van der Waals surface area contributed by atoms with E-state index in [1.54, 1.807) is 0 Å². The van der Waals surface area contributed by atoms with Crippen LogP contribution in [0.25, 0.3) is 0 Å². The maximum absolute atomic E-state index is 9.26. The van der Waals surface area contributed by atoms with Crippen LogP contribution in [0.15, 0.2) is 0 Å². The predicted molar refractivity (Wildman–Crippen MR) is 74.3 cm³/mol. The second-order valence-electron chi connectivity index (χ2n) is 5.11. The molecule has 0 aromatic carbocycles. The van der Waals surface area contributed by atoms with Crippen LogP contribution in [0.4, 0.5) is 0 Å². The average molecular weight is 288 g/mol. The molecule has 0 aliphatic carbocycles. The van der Waals surface area contributed by atoms with Crippen molar-refractivity contribution in [3.05, 3.63) is 16.4 Å². The Bertz CT molecular complexity index is 436. The summed E-state index contributed by atoms with van der Waals surface area (Å²) in [5.41, 5.74) is 1.92. The number of aromatic nitrogens is 2. The monoisotopic (exact) mass is 287 g/mol. The molecular formula is C13H22ClN3O2. The van der Waals surface area contributed by atoms with Gasteiger partial charge in [0.25, 0.3) is 0 Å². The van der Waals surface area contributed by atoms with Crippen LogP contribution in [-0.2, 0) is 17.8 Å². The zero-order valence-corrected chi connectivity index (χ0v) is 12.5. The fraction of sp³-hybridized carbons (Fsp3) is 0.769. The summed E-state index contributed by atoms with van der Waals surface area (Å²) in [5, 5.41) is 14.4. The predicted octanol–water partition coefficient (Wildman–Crippen LogP) is 1.45. The van der Waals surface area contributed by atoms with Gasteiger partial charge < -0.3 is 9.84 Å². The molecule has 2 atom stereocenters. The van der Waals surface area contributed by atoms with Gasteiger partial charge in [-0.15, -0.1) is 0 Å². The van der Waals surface area contributed by atoms with Crippen LogP contribution in [0.2, 0.25) is 5.02 Å². The highest BCUT2D eigenvalue weighted by molar-refractivity contribution is 6.31. The van der Waals surface area contributed by atoms with Crippen molar-refractivity contribution in [3.63, 3.8) is 0 Å². The lowest BCUT2D eigenvalue weighted by Gasteiger charge is -2.36. The number of halogens is 1. The molecule has 108 valence electrons. The van der Waals surface area contributed by atoms with Crippen LogP contribution in [0.5, 0.6) is 0 Å². The fourth-order valence-electron chi connectivity index (χ4n) is 2.60. The van der Waals surface area contributed by atoms with E-state index in [1.165, 1.54) is 0 Å². The fourth-order valence-corrected chi connectivity index (χ4v) is 2.80. The molecule has 2 rings (SSSR count). The van der Waals surface area contributed by atoms with Crippen molar-refractivity contribution >= 4 is 11.6 Å². The Kier molecular flexibility index (Phi) is 4.84. The molecular weight excluding hydrogens is 266 g/mol. The number of aryl methyl sites for hydroxylation is 2. The molecule has 2 heterocycles. The van der Waals surface area contributed by atoms with E-state index in [4.69, 9.17) is 16.3 Å². The van der Waals surface area contributed by atoms with Gasteiger partial charge in [0.2, 0.25) is 0 Å². The Morgan fingerprint density at radius 2 is 2.21 bits per heavy atom. The first-order valence-electron chi connectivity index (χ1n) is 6.75. The summed E-state index contributed by atoms with van der Waals surface area (Å²) in [5.74, 6) is 0. The minimum atomic E-state index is -0.110. The second-order valence-corrected chi connectivity index (χ2v) is 5.49. The Morgan fingerprint density at radius 1 is 1.47 bits per heavy atom. The van der Waals surface area contributed by atoms with E-state index in [0.717, 1.165) is 42.6 Å². The van der Waals surface area contributed by atoms with Crippen molar-refractivity contribution < 1.29 is 9.84 Å². The van der Waals surface area contributed by atoms with Gasteiger partial charge in [-0.05, 0) is 20.8 Å². The van der Waals surface area contributed by atoms with E-state index in [1.807, 2.05) is 18.5 Å². The highest BCUT2D eigenvalue weighted by Gasteiger charge is 2.26. The second kappa shape index (κ2) is 6.22. The van der Waals surface area contributed by atoms with E-state index >= 15 is 0 Å². The molecule has 1 aliphatic rings. The third-order valence-electron chi connectivity index (χ3n) is 3.43. The number of hydrogen-bond acceptors (Lipinski definition) is 4. The lowest BCUT2D eigenvalue weighted by atomic mass is 10.2. The molecule has 1 aliphatic heterocycles. The van der Waals surface area contributed by atoms with Crippen molar-refractivity contribution in [2.24, 2.45) is 0 Å². The lowest BCUT2D eigenvalue weighted by Crippen LogP contribution is -2.47. The number of morpholine rings is 1. The third kappa shape index (κ3) is 3.28. The van der Waals surface area contributed by atoms with Gasteiger partial charge in [0.1, 0.15) is 0 Å². The normalized spacial score (nSPS) is 24.9. The largest absolute Gasteiger partial charge is 0.394 e. The summed E-state index contributed by atoms with van der Waals surface area (Å²) >= 11 is 6.33. The van der Waals surface area contributed by atoms with E-state index in [9.17, 15) is 5.11 Å². The summed E-state index contributed by atoms with van der Waals surface area (Å²) in [7, 11) is 0. The topological polar surface area (TPSA) is 50.5 Å². The number of ether oxygens (including phenoxy) is 1. The summed E-state index contributed by atoms with van der Waals surface area (Å²) in [6, 6.07) is 0. The Hall–Kier alpha value is -0.620. The molecule has 6 heteroatoms. The zero-order chi connectivity index (χ0) is 14.0. The van der Waals surface area contributed by atoms with Crippen LogP contribution in [0.3, 0.4) is 0 Å². The van der Waals surface area contributed by atoms with Gasteiger partial charge in [0.15, 0.2) is 0 Å². The highest BCUT2D eigenvalue weighted by Crippen LogP contribution is 2.23. The van der Waals surface area contributed by atoms with E-state index in [-0.39, 0.29) is 18.8 Å². The Balaban J connectivity index is 2.12. The minimum absolute atomic E-state index is 0.0562. The number of hydrogen-bond donors (Lipinski definition) is 1. The first-order chi connectivity index (χ1) is 9.05. The molecule has 1 aromatic heterocycles. The van der Waals surface area contributed by atoms with E-state index < -0.39 is 0 Å². The lowest BCUT2D eigenvalue weighted by molar-refractivity contribution is -0.0976. The van der Waals surface area contributed by atoms with Gasteiger partial charge in [-0.3, -0.25) is 9.58 Å². The molecule has 19 heavy (non-hydrogen) atoms. The highest BCUT2D eigenvalue weighted by atomic mass is 35.5. The summed E-state index contributed by atoms with van der Waals surface area (Å²) in [4.78, 5) is 2.27. The molecule has 1 fully saturated rings. The molecule has 2 unspecified atom stereocenters. The SMILES string of the molecule is CCn1nc(C)c(Cl)c1CN1CC(C)OC(CO)C1. The summed E-state index contributed by atoms with van der Waals surface area (Å²) in [6.07, 6.45) is 0.0189. The van der Waals surface area contributed by atoms with Crippen molar-refractivity contribution in [2.75, 3.05) is 19.7 Å². The maximum atomic E-state index is 9.26. The molecule has 0 bridgehead atoms. The van der Waals surface area contributed by atoms with Crippen LogP contribution < -0.4 is 0 Å². The van der Waals surface area contributed by atoms with Crippen LogP contribution in [-0.4, -0.2) is 51.7 Å². The third-order valence-corrected chi connectivity index (χ3v) is 3.92. The molecule has 0 saturated carbocycles. The van der Waals surface area contributed by atoms with E-state index in [0.29, 0.717) is 0 Å². The van der Waals surface area contributed by atoms with Crippen LogP contribution in [0, 0.1) is 6.92 Å². The molecule has 0 radical (unpaired) electrons. The Labute approximate surface area is 119 Å². The molecule has 0 spiro atoms. The molecule has 1 saturated heterocycles. The molecule has 0 amide bonds. The molecule has 5 nitrogen and oxygen atoms in total. The number of aliphatic hydroxyl groups excluding tert-OH is 1. The standard InChI is InChI=1S/C13H22ClN3O2/c1-4-17-12(13(14)10(3)15-17)7-16-5-9(2)19-11(6-16)8-18/h9,11,18H,4-8H2,1-3H3. The smallest absolute Gasteiger partial charge is 0.0936 e. The van der Waals surface area contributed by atoms with Gasteiger partial charge in [-0.1, -0.05) is 11.6 Å². The summed E-state index contributed by atoms with van der Waals surface area (Å²) in [6.45, 7) is 9.20. The number of nitrogens with zero attached hydrogens (tertiary/aromatic N) is 3. The van der Waals surface area contributed by atoms with Crippen LogP contribution >= 0.6 is 11.6 Å². The van der Waals surface area contributed by atoms with Crippen molar-refractivity contribution in [1.29, 1.82) is 0 Å². The first kappa shape index (κ1) is 14.8. The number of aliphatic hydroxyl groups is 1. The van der Waals surface area contributed by atoms with Gasteiger partial charge in [0.05, 0.1) is 35.2 Å². The average Bonchev–Trinajstić information content (AvgIpc) is 2.65. The quantitative estimate of drug-likeness (QED) is 0.911. The maximum Gasteiger partial charge on any atom is 0.0936 e. The van der Waals surface area contributed by atoms with Gasteiger partial charge >= 0.3 is 0 Å².